The average molecular weight is 215 g/mol. The molecule has 1 atom stereocenters. The highest BCUT2D eigenvalue weighted by molar-refractivity contribution is 5.75. The number of rotatable bonds is 8. The fraction of sp³-hybridized carbons (Fsp3) is 0.917. The standard InChI is InChI=1S/C12H25NO2/c1-5-8-10-13(4)11(9-6-2)12(14)15-7-3/h11H,5-10H2,1-4H3. The fourth-order valence-electron chi connectivity index (χ4n) is 1.59. The molecule has 90 valence electrons. The van der Waals surface area contributed by atoms with Crippen LogP contribution >= 0.6 is 0 Å². The van der Waals surface area contributed by atoms with E-state index in [1.54, 1.807) is 0 Å². The Balaban J connectivity index is 4.16. The highest BCUT2D eigenvalue weighted by Gasteiger charge is 2.22. The summed E-state index contributed by atoms with van der Waals surface area (Å²) in [5.74, 6) is -0.0713. The summed E-state index contributed by atoms with van der Waals surface area (Å²) in [6.07, 6.45) is 4.20. The molecule has 0 aliphatic heterocycles. The third kappa shape index (κ3) is 5.78. The summed E-state index contributed by atoms with van der Waals surface area (Å²) in [4.78, 5) is 13.8. The normalized spacial score (nSPS) is 12.9. The SMILES string of the molecule is CCCCN(C)C(CCC)C(=O)OCC. The second kappa shape index (κ2) is 8.72. The van der Waals surface area contributed by atoms with Crippen molar-refractivity contribution in [1.82, 2.24) is 4.90 Å². The number of carbonyl (C=O) groups is 1. The van der Waals surface area contributed by atoms with E-state index >= 15 is 0 Å². The van der Waals surface area contributed by atoms with E-state index in [1.807, 2.05) is 14.0 Å². The number of likely N-dealkylation sites (N-methyl/N-ethyl adjacent to an activating group) is 1. The lowest BCUT2D eigenvalue weighted by molar-refractivity contribution is -0.149. The van der Waals surface area contributed by atoms with Gasteiger partial charge in [0.1, 0.15) is 6.04 Å². The molecule has 0 aliphatic rings. The maximum atomic E-state index is 11.7. The Morgan fingerprint density at radius 3 is 2.40 bits per heavy atom. The summed E-state index contributed by atoms with van der Waals surface area (Å²) in [5.41, 5.74) is 0. The highest BCUT2D eigenvalue weighted by atomic mass is 16.5. The number of nitrogens with zero attached hydrogens (tertiary/aromatic N) is 1. The number of esters is 1. The van der Waals surface area contributed by atoms with Crippen LogP contribution in [0, 0.1) is 0 Å². The first kappa shape index (κ1) is 14.4. The lowest BCUT2D eigenvalue weighted by Crippen LogP contribution is -2.40. The van der Waals surface area contributed by atoms with Crippen LogP contribution in [-0.4, -0.2) is 37.1 Å². The van der Waals surface area contributed by atoms with Crippen molar-refractivity contribution in [3.8, 4) is 0 Å². The zero-order valence-electron chi connectivity index (χ0n) is 10.6. The molecule has 0 rings (SSSR count). The fourth-order valence-corrected chi connectivity index (χ4v) is 1.59. The minimum absolute atomic E-state index is 0.0542. The molecule has 0 aromatic carbocycles. The first-order valence-electron chi connectivity index (χ1n) is 6.04. The van der Waals surface area contributed by atoms with E-state index in [-0.39, 0.29) is 12.0 Å². The first-order chi connectivity index (χ1) is 7.17. The Bertz CT molecular complexity index is 171. The van der Waals surface area contributed by atoms with Crippen molar-refractivity contribution < 1.29 is 9.53 Å². The Morgan fingerprint density at radius 1 is 1.27 bits per heavy atom. The van der Waals surface area contributed by atoms with Crippen LogP contribution in [0.15, 0.2) is 0 Å². The molecule has 0 N–H and O–H groups in total. The number of hydrogen-bond acceptors (Lipinski definition) is 3. The topological polar surface area (TPSA) is 29.5 Å². The van der Waals surface area contributed by atoms with Crippen LogP contribution in [0.25, 0.3) is 0 Å². The maximum Gasteiger partial charge on any atom is 0.323 e. The smallest absolute Gasteiger partial charge is 0.323 e. The van der Waals surface area contributed by atoms with E-state index in [4.69, 9.17) is 4.74 Å². The molecule has 15 heavy (non-hydrogen) atoms. The monoisotopic (exact) mass is 215 g/mol. The molecule has 3 heteroatoms. The van der Waals surface area contributed by atoms with Gasteiger partial charge < -0.3 is 4.74 Å². The predicted octanol–water partition coefficient (Wildman–Crippen LogP) is 2.45. The molecule has 0 saturated carbocycles. The van der Waals surface area contributed by atoms with Crippen LogP contribution in [0.4, 0.5) is 0 Å². The maximum absolute atomic E-state index is 11.7. The van der Waals surface area contributed by atoms with Crippen molar-refractivity contribution in [2.45, 2.75) is 52.5 Å². The molecule has 0 spiro atoms. The molecular formula is C12H25NO2. The molecule has 0 fully saturated rings. The van der Waals surface area contributed by atoms with Gasteiger partial charge in [0.15, 0.2) is 0 Å². The number of hydrogen-bond donors (Lipinski definition) is 0. The van der Waals surface area contributed by atoms with Gasteiger partial charge in [-0.05, 0) is 33.4 Å². The number of ether oxygens (including phenoxy) is 1. The first-order valence-corrected chi connectivity index (χ1v) is 6.04. The highest BCUT2D eigenvalue weighted by Crippen LogP contribution is 2.08. The van der Waals surface area contributed by atoms with Crippen molar-refractivity contribution in [3.05, 3.63) is 0 Å². The second-order valence-corrected chi connectivity index (χ2v) is 3.89. The van der Waals surface area contributed by atoms with Gasteiger partial charge in [-0.15, -0.1) is 0 Å². The summed E-state index contributed by atoms with van der Waals surface area (Å²) in [5, 5.41) is 0. The van der Waals surface area contributed by atoms with Crippen LogP contribution in [0.5, 0.6) is 0 Å². The average Bonchev–Trinajstić information content (AvgIpc) is 2.22. The lowest BCUT2D eigenvalue weighted by atomic mass is 10.1. The van der Waals surface area contributed by atoms with Gasteiger partial charge >= 0.3 is 5.97 Å². The third-order valence-corrected chi connectivity index (χ3v) is 2.52. The van der Waals surface area contributed by atoms with Gasteiger partial charge in [-0.25, -0.2) is 0 Å². The third-order valence-electron chi connectivity index (χ3n) is 2.52. The lowest BCUT2D eigenvalue weighted by Gasteiger charge is -2.25. The summed E-state index contributed by atoms with van der Waals surface area (Å²) in [6, 6.07) is -0.0542. The quantitative estimate of drug-likeness (QED) is 0.582. The van der Waals surface area contributed by atoms with Crippen molar-refractivity contribution in [1.29, 1.82) is 0 Å². The van der Waals surface area contributed by atoms with Crippen molar-refractivity contribution in [3.63, 3.8) is 0 Å². The molecule has 0 amide bonds. The van der Waals surface area contributed by atoms with Gasteiger partial charge in [-0.3, -0.25) is 9.69 Å². The van der Waals surface area contributed by atoms with Crippen LogP contribution in [0.3, 0.4) is 0 Å². The van der Waals surface area contributed by atoms with Crippen LogP contribution < -0.4 is 0 Å². The van der Waals surface area contributed by atoms with Crippen molar-refractivity contribution in [2.75, 3.05) is 20.2 Å². The van der Waals surface area contributed by atoms with Crippen LogP contribution in [0.2, 0.25) is 0 Å². The predicted molar refractivity (Wildman–Crippen MR) is 62.9 cm³/mol. The molecule has 0 radical (unpaired) electrons. The van der Waals surface area contributed by atoms with Crippen molar-refractivity contribution in [2.24, 2.45) is 0 Å². The zero-order chi connectivity index (χ0) is 11.7. The van der Waals surface area contributed by atoms with E-state index in [1.165, 1.54) is 0 Å². The second-order valence-electron chi connectivity index (χ2n) is 3.89. The molecule has 3 nitrogen and oxygen atoms in total. The number of carbonyl (C=O) groups excluding carboxylic acids is 1. The largest absolute Gasteiger partial charge is 0.465 e. The Hall–Kier alpha value is -0.570. The molecule has 0 bridgehead atoms. The van der Waals surface area contributed by atoms with Gasteiger partial charge in [0.05, 0.1) is 6.61 Å². The zero-order valence-corrected chi connectivity index (χ0v) is 10.6. The molecule has 1 unspecified atom stereocenters. The van der Waals surface area contributed by atoms with Gasteiger partial charge in [0, 0.05) is 0 Å². The molecule has 0 aromatic heterocycles. The van der Waals surface area contributed by atoms with Crippen LogP contribution in [0.1, 0.15) is 46.5 Å². The summed E-state index contributed by atoms with van der Waals surface area (Å²) >= 11 is 0. The van der Waals surface area contributed by atoms with Gasteiger partial charge in [-0.1, -0.05) is 26.7 Å². The van der Waals surface area contributed by atoms with Crippen molar-refractivity contribution >= 4 is 5.97 Å². The Labute approximate surface area is 93.8 Å². The summed E-state index contributed by atoms with van der Waals surface area (Å²) in [7, 11) is 2.01. The van der Waals surface area contributed by atoms with Crippen LogP contribution in [-0.2, 0) is 9.53 Å². The minimum Gasteiger partial charge on any atom is -0.465 e. The Kier molecular flexibility index (Phi) is 8.38. The number of unbranched alkanes of at least 4 members (excludes halogenated alkanes) is 1. The van der Waals surface area contributed by atoms with E-state index in [0.29, 0.717) is 6.61 Å². The minimum atomic E-state index is -0.0713. The van der Waals surface area contributed by atoms with Gasteiger partial charge in [-0.2, -0.15) is 0 Å². The Morgan fingerprint density at radius 2 is 1.93 bits per heavy atom. The molecule has 0 aliphatic carbocycles. The summed E-state index contributed by atoms with van der Waals surface area (Å²) in [6.45, 7) is 7.56. The van der Waals surface area contributed by atoms with Gasteiger partial charge in [0.2, 0.25) is 0 Å². The van der Waals surface area contributed by atoms with Gasteiger partial charge in [0.25, 0.3) is 0 Å². The molecule has 0 aromatic rings. The van der Waals surface area contributed by atoms with E-state index in [2.05, 4.69) is 18.7 Å². The molecule has 0 heterocycles. The van der Waals surface area contributed by atoms with E-state index in [0.717, 1.165) is 32.2 Å². The van der Waals surface area contributed by atoms with E-state index in [9.17, 15) is 4.79 Å². The molecular weight excluding hydrogens is 190 g/mol. The van der Waals surface area contributed by atoms with E-state index < -0.39 is 0 Å². The molecule has 0 saturated heterocycles. The summed E-state index contributed by atoms with van der Waals surface area (Å²) < 4.78 is 5.08.